The van der Waals surface area contributed by atoms with Crippen molar-refractivity contribution in [1.82, 2.24) is 20.0 Å². The molecule has 2 N–H and O–H groups in total. The molecule has 2 heterocycles. The van der Waals surface area contributed by atoms with Crippen molar-refractivity contribution in [2.45, 2.75) is 13.8 Å². The predicted molar refractivity (Wildman–Crippen MR) is 113 cm³/mol. The zero-order valence-corrected chi connectivity index (χ0v) is 16.1. The molecule has 7 nitrogen and oxygen atoms in total. The van der Waals surface area contributed by atoms with Crippen LogP contribution in [0.3, 0.4) is 0 Å². The molecular formula is C22H20N6O. The number of carbonyl (C=O) groups excluding carboxylic acids is 1. The lowest BCUT2D eigenvalue weighted by Gasteiger charge is -2.10. The number of carbonyl (C=O) groups is 1. The van der Waals surface area contributed by atoms with Crippen LogP contribution in [-0.2, 0) is 0 Å². The van der Waals surface area contributed by atoms with Crippen molar-refractivity contribution in [2.24, 2.45) is 0 Å². The van der Waals surface area contributed by atoms with Gasteiger partial charge in [-0.05, 0) is 67.9 Å². The van der Waals surface area contributed by atoms with Gasteiger partial charge in [0.05, 0.1) is 0 Å². The van der Waals surface area contributed by atoms with Gasteiger partial charge in [0.2, 0.25) is 0 Å². The molecule has 2 aromatic heterocycles. The molecule has 7 heteroatoms. The SMILES string of the molecule is Cc1ccc(C)c(C(=O)Nc2ccc(Nc3ccc(-n4cccn4)nn3)cc2)c1. The fourth-order valence-corrected chi connectivity index (χ4v) is 2.88. The molecule has 0 bridgehead atoms. The highest BCUT2D eigenvalue weighted by molar-refractivity contribution is 6.05. The van der Waals surface area contributed by atoms with Gasteiger partial charge in [0, 0.05) is 29.3 Å². The minimum absolute atomic E-state index is 0.119. The zero-order chi connectivity index (χ0) is 20.2. The number of nitrogens with zero attached hydrogens (tertiary/aromatic N) is 4. The summed E-state index contributed by atoms with van der Waals surface area (Å²) in [6.45, 7) is 3.90. The summed E-state index contributed by atoms with van der Waals surface area (Å²) in [4.78, 5) is 12.5. The van der Waals surface area contributed by atoms with Gasteiger partial charge in [-0.3, -0.25) is 4.79 Å². The van der Waals surface area contributed by atoms with Crippen molar-refractivity contribution in [3.05, 3.63) is 89.7 Å². The van der Waals surface area contributed by atoms with Crippen molar-refractivity contribution in [3.8, 4) is 5.82 Å². The van der Waals surface area contributed by atoms with E-state index in [-0.39, 0.29) is 5.91 Å². The summed E-state index contributed by atoms with van der Waals surface area (Å²) in [5.74, 6) is 1.14. The summed E-state index contributed by atoms with van der Waals surface area (Å²) in [6, 6.07) is 18.8. The summed E-state index contributed by atoms with van der Waals surface area (Å²) in [5.41, 5.74) is 4.25. The Balaban J connectivity index is 1.41. The van der Waals surface area contributed by atoms with Crippen LogP contribution in [-0.4, -0.2) is 25.9 Å². The van der Waals surface area contributed by atoms with Gasteiger partial charge >= 0.3 is 0 Å². The van der Waals surface area contributed by atoms with Crippen LogP contribution in [0.4, 0.5) is 17.2 Å². The third-order valence-electron chi connectivity index (χ3n) is 4.44. The van der Waals surface area contributed by atoms with Gasteiger partial charge in [-0.2, -0.15) is 5.10 Å². The molecule has 0 radical (unpaired) electrons. The van der Waals surface area contributed by atoms with E-state index in [1.54, 1.807) is 10.9 Å². The van der Waals surface area contributed by atoms with Gasteiger partial charge in [-0.25, -0.2) is 4.68 Å². The van der Waals surface area contributed by atoms with Crippen LogP contribution >= 0.6 is 0 Å². The van der Waals surface area contributed by atoms with Crippen molar-refractivity contribution >= 4 is 23.1 Å². The van der Waals surface area contributed by atoms with E-state index in [4.69, 9.17) is 0 Å². The molecule has 0 atom stereocenters. The molecule has 0 saturated carbocycles. The van der Waals surface area contributed by atoms with Crippen LogP contribution in [0.1, 0.15) is 21.5 Å². The summed E-state index contributed by atoms with van der Waals surface area (Å²) >= 11 is 0. The number of rotatable bonds is 5. The van der Waals surface area contributed by atoms with Crippen LogP contribution in [0.2, 0.25) is 0 Å². The van der Waals surface area contributed by atoms with Crippen molar-refractivity contribution in [1.29, 1.82) is 0 Å². The molecule has 0 spiro atoms. The van der Waals surface area contributed by atoms with Gasteiger partial charge in [0.15, 0.2) is 11.6 Å². The number of nitrogens with one attached hydrogen (secondary N) is 2. The molecule has 0 aliphatic heterocycles. The highest BCUT2D eigenvalue weighted by Crippen LogP contribution is 2.19. The maximum Gasteiger partial charge on any atom is 0.255 e. The number of hydrogen-bond donors (Lipinski definition) is 2. The van der Waals surface area contributed by atoms with Crippen LogP contribution in [0.15, 0.2) is 73.1 Å². The lowest BCUT2D eigenvalue weighted by molar-refractivity contribution is 0.102. The predicted octanol–water partition coefficient (Wildman–Crippen LogP) is 4.28. The third kappa shape index (κ3) is 4.30. The number of aryl methyl sites for hydroxylation is 2. The Morgan fingerprint density at radius 3 is 2.41 bits per heavy atom. The van der Waals surface area contributed by atoms with E-state index >= 15 is 0 Å². The maximum absolute atomic E-state index is 12.5. The molecule has 0 unspecified atom stereocenters. The van der Waals surface area contributed by atoms with Gasteiger partial charge < -0.3 is 10.6 Å². The summed E-state index contributed by atoms with van der Waals surface area (Å²) in [6.07, 6.45) is 3.50. The normalized spacial score (nSPS) is 10.6. The second-order valence-electron chi connectivity index (χ2n) is 6.70. The van der Waals surface area contributed by atoms with Crippen LogP contribution in [0.25, 0.3) is 5.82 Å². The van der Waals surface area contributed by atoms with E-state index in [9.17, 15) is 4.79 Å². The second-order valence-corrected chi connectivity index (χ2v) is 6.70. The van der Waals surface area contributed by atoms with E-state index < -0.39 is 0 Å². The van der Waals surface area contributed by atoms with Gasteiger partial charge in [-0.15, -0.1) is 10.2 Å². The van der Waals surface area contributed by atoms with E-state index in [1.807, 2.05) is 80.7 Å². The molecule has 0 saturated heterocycles. The maximum atomic E-state index is 12.5. The first-order valence-electron chi connectivity index (χ1n) is 9.18. The largest absolute Gasteiger partial charge is 0.339 e. The number of amides is 1. The van der Waals surface area contributed by atoms with Gasteiger partial charge in [0.1, 0.15) is 0 Å². The monoisotopic (exact) mass is 384 g/mol. The third-order valence-corrected chi connectivity index (χ3v) is 4.44. The first-order valence-corrected chi connectivity index (χ1v) is 9.18. The summed E-state index contributed by atoms with van der Waals surface area (Å²) in [5, 5.41) is 18.6. The molecule has 144 valence electrons. The number of aromatic nitrogens is 4. The number of hydrogen-bond acceptors (Lipinski definition) is 5. The smallest absolute Gasteiger partial charge is 0.255 e. The highest BCUT2D eigenvalue weighted by atomic mass is 16.1. The number of benzene rings is 2. The highest BCUT2D eigenvalue weighted by Gasteiger charge is 2.09. The van der Waals surface area contributed by atoms with E-state index in [0.29, 0.717) is 17.2 Å². The van der Waals surface area contributed by atoms with Crippen LogP contribution in [0.5, 0.6) is 0 Å². The van der Waals surface area contributed by atoms with Crippen LogP contribution in [0, 0.1) is 13.8 Å². The fraction of sp³-hybridized carbons (Fsp3) is 0.0909. The Hall–Kier alpha value is -4.00. The van der Waals surface area contributed by atoms with E-state index in [0.717, 1.165) is 22.5 Å². The first kappa shape index (κ1) is 18.4. The Bertz CT molecular complexity index is 1120. The Labute approximate surface area is 168 Å². The Morgan fingerprint density at radius 2 is 1.72 bits per heavy atom. The summed E-state index contributed by atoms with van der Waals surface area (Å²) < 4.78 is 1.64. The second kappa shape index (κ2) is 7.93. The van der Waals surface area contributed by atoms with Gasteiger partial charge in [-0.1, -0.05) is 17.7 Å². The van der Waals surface area contributed by atoms with Crippen LogP contribution < -0.4 is 10.6 Å². The summed E-state index contributed by atoms with van der Waals surface area (Å²) in [7, 11) is 0. The van der Waals surface area contributed by atoms with E-state index in [1.165, 1.54) is 0 Å². The molecule has 4 rings (SSSR count). The molecule has 29 heavy (non-hydrogen) atoms. The molecule has 0 fully saturated rings. The molecule has 0 aliphatic rings. The number of anilines is 3. The zero-order valence-electron chi connectivity index (χ0n) is 16.1. The first-order chi connectivity index (χ1) is 14.1. The van der Waals surface area contributed by atoms with Crippen molar-refractivity contribution < 1.29 is 4.79 Å². The average molecular weight is 384 g/mol. The molecule has 0 aliphatic carbocycles. The molecule has 2 aromatic carbocycles. The molecule has 4 aromatic rings. The van der Waals surface area contributed by atoms with Crippen molar-refractivity contribution in [3.63, 3.8) is 0 Å². The Kier molecular flexibility index (Phi) is 5.03. The lowest BCUT2D eigenvalue weighted by atomic mass is 10.1. The van der Waals surface area contributed by atoms with Gasteiger partial charge in [0.25, 0.3) is 5.91 Å². The topological polar surface area (TPSA) is 84.7 Å². The Morgan fingerprint density at radius 1 is 0.931 bits per heavy atom. The minimum atomic E-state index is -0.119. The lowest BCUT2D eigenvalue weighted by Crippen LogP contribution is -2.13. The standard InChI is InChI=1S/C22H20N6O/c1-15-4-5-16(2)19(14-15)22(29)25-18-8-6-17(7-9-18)24-20-10-11-21(27-26-20)28-13-3-12-23-28/h3-14H,1-2H3,(H,24,26)(H,25,29). The molecule has 1 amide bonds. The van der Waals surface area contributed by atoms with E-state index in [2.05, 4.69) is 25.9 Å². The minimum Gasteiger partial charge on any atom is -0.339 e. The average Bonchev–Trinajstić information content (AvgIpc) is 3.27. The van der Waals surface area contributed by atoms with Crippen molar-refractivity contribution in [2.75, 3.05) is 10.6 Å². The quantitative estimate of drug-likeness (QED) is 0.537. The molecular weight excluding hydrogens is 364 g/mol. The fourth-order valence-electron chi connectivity index (χ4n) is 2.88.